The van der Waals surface area contributed by atoms with Crippen LogP contribution in [-0.4, -0.2) is 35.7 Å². The molecule has 10 heteroatoms. The molecule has 0 aliphatic heterocycles. The van der Waals surface area contributed by atoms with Crippen LogP contribution in [0.15, 0.2) is 53.5 Å². The molecule has 0 saturated carbocycles. The van der Waals surface area contributed by atoms with Crippen molar-refractivity contribution in [3.63, 3.8) is 0 Å². The number of amides is 1. The molecular formula is C17H12FN7O2. The first-order valence-electron chi connectivity index (χ1n) is 7.85. The Balaban J connectivity index is 1.94. The van der Waals surface area contributed by atoms with Crippen LogP contribution >= 0.6 is 0 Å². The van der Waals surface area contributed by atoms with Crippen LogP contribution in [0.4, 0.5) is 10.3 Å². The van der Waals surface area contributed by atoms with Gasteiger partial charge < -0.3 is 0 Å². The van der Waals surface area contributed by atoms with E-state index in [1.807, 2.05) is 0 Å². The number of fused-ring (bicyclic) bond motifs is 1. The summed E-state index contributed by atoms with van der Waals surface area (Å²) in [6.07, 6.45) is 1.02. The van der Waals surface area contributed by atoms with Crippen LogP contribution < -0.4 is 10.9 Å². The van der Waals surface area contributed by atoms with Crippen molar-refractivity contribution in [3.8, 4) is 5.69 Å². The van der Waals surface area contributed by atoms with Crippen molar-refractivity contribution in [3.05, 3.63) is 70.4 Å². The van der Waals surface area contributed by atoms with Crippen LogP contribution in [0, 0.1) is 5.82 Å². The molecule has 0 unspecified atom stereocenters. The number of nitrogens with zero attached hydrogens (tertiary/aromatic N) is 6. The normalized spacial score (nSPS) is 10.9. The molecule has 1 N–H and O–H groups in total. The number of carbonyl (C=O) groups is 1. The molecule has 27 heavy (non-hydrogen) atoms. The van der Waals surface area contributed by atoms with Crippen molar-refractivity contribution in [2.75, 3.05) is 5.32 Å². The molecule has 134 valence electrons. The second-order valence-corrected chi connectivity index (χ2v) is 5.68. The fourth-order valence-electron chi connectivity index (χ4n) is 2.66. The first-order chi connectivity index (χ1) is 13.0. The smallest absolute Gasteiger partial charge is 0.269 e. The van der Waals surface area contributed by atoms with Crippen molar-refractivity contribution in [2.45, 2.75) is 0 Å². The molecule has 4 rings (SSSR count). The summed E-state index contributed by atoms with van der Waals surface area (Å²) in [5.41, 5.74) is -0.0479. The predicted molar refractivity (Wildman–Crippen MR) is 94.0 cm³/mol. The number of aromatic nitrogens is 6. The van der Waals surface area contributed by atoms with E-state index in [0.717, 1.165) is 6.20 Å². The molecule has 0 atom stereocenters. The van der Waals surface area contributed by atoms with Crippen molar-refractivity contribution in [2.24, 2.45) is 7.05 Å². The Morgan fingerprint density at radius 3 is 2.67 bits per heavy atom. The van der Waals surface area contributed by atoms with Gasteiger partial charge in [-0.1, -0.05) is 23.3 Å². The quantitative estimate of drug-likeness (QED) is 0.586. The van der Waals surface area contributed by atoms with Crippen LogP contribution in [0.5, 0.6) is 0 Å². The number of hydrogen-bond acceptors (Lipinski definition) is 6. The minimum Gasteiger partial charge on any atom is -0.289 e. The summed E-state index contributed by atoms with van der Waals surface area (Å²) in [6.45, 7) is 0. The van der Waals surface area contributed by atoms with Gasteiger partial charge in [0.2, 0.25) is 5.95 Å². The Labute approximate surface area is 151 Å². The SMILES string of the molecule is Cn1nnnc1NC(=O)c1cc2cc(F)cnc2n(-c2ccccc2)c1=O. The highest BCUT2D eigenvalue weighted by atomic mass is 19.1. The average Bonchev–Trinajstić information content (AvgIpc) is 3.06. The lowest BCUT2D eigenvalue weighted by molar-refractivity contribution is 0.102. The summed E-state index contributed by atoms with van der Waals surface area (Å²) < 4.78 is 16.2. The molecule has 3 aromatic heterocycles. The Kier molecular flexibility index (Phi) is 3.92. The lowest BCUT2D eigenvalue weighted by Gasteiger charge is -2.12. The molecule has 0 fully saturated rings. The largest absolute Gasteiger partial charge is 0.289 e. The molecule has 0 saturated heterocycles. The van der Waals surface area contributed by atoms with E-state index in [1.54, 1.807) is 30.3 Å². The van der Waals surface area contributed by atoms with Gasteiger partial charge in [-0.15, -0.1) is 0 Å². The fourth-order valence-corrected chi connectivity index (χ4v) is 2.66. The Morgan fingerprint density at radius 1 is 1.19 bits per heavy atom. The molecule has 1 aromatic carbocycles. The molecule has 0 aliphatic rings. The summed E-state index contributed by atoms with van der Waals surface area (Å²) in [5.74, 6) is -1.22. The number of carbonyl (C=O) groups excluding carboxylic acids is 1. The van der Waals surface area contributed by atoms with Crippen LogP contribution in [-0.2, 0) is 7.05 Å². The summed E-state index contributed by atoms with van der Waals surface area (Å²) in [6, 6.07) is 11.2. The van der Waals surface area contributed by atoms with Crippen LogP contribution in [0.1, 0.15) is 10.4 Å². The third kappa shape index (κ3) is 2.92. The highest BCUT2D eigenvalue weighted by molar-refractivity contribution is 6.04. The number of pyridine rings is 2. The monoisotopic (exact) mass is 365 g/mol. The number of anilines is 1. The highest BCUT2D eigenvalue weighted by Crippen LogP contribution is 2.17. The Bertz CT molecular complexity index is 1220. The van der Waals surface area contributed by atoms with Crippen LogP contribution in [0.25, 0.3) is 16.7 Å². The zero-order valence-corrected chi connectivity index (χ0v) is 14.0. The van der Waals surface area contributed by atoms with Crippen molar-refractivity contribution in [1.82, 2.24) is 29.8 Å². The third-order valence-electron chi connectivity index (χ3n) is 3.91. The van der Waals surface area contributed by atoms with E-state index in [1.165, 1.54) is 28.4 Å². The zero-order chi connectivity index (χ0) is 19.0. The summed E-state index contributed by atoms with van der Waals surface area (Å²) >= 11 is 0. The van der Waals surface area contributed by atoms with Crippen molar-refractivity contribution < 1.29 is 9.18 Å². The highest BCUT2D eigenvalue weighted by Gasteiger charge is 2.19. The Hall–Kier alpha value is -3.95. The first-order valence-corrected chi connectivity index (χ1v) is 7.85. The van der Waals surface area contributed by atoms with Gasteiger partial charge in [-0.2, -0.15) is 0 Å². The fraction of sp³-hybridized carbons (Fsp3) is 0.0588. The third-order valence-corrected chi connectivity index (χ3v) is 3.91. The molecule has 0 aliphatic carbocycles. The molecular weight excluding hydrogens is 353 g/mol. The zero-order valence-electron chi connectivity index (χ0n) is 14.0. The van der Waals surface area contributed by atoms with Gasteiger partial charge in [0.05, 0.1) is 11.9 Å². The van der Waals surface area contributed by atoms with Crippen LogP contribution in [0.2, 0.25) is 0 Å². The second-order valence-electron chi connectivity index (χ2n) is 5.68. The maximum Gasteiger partial charge on any atom is 0.269 e. The number of aryl methyl sites for hydroxylation is 1. The molecule has 0 spiro atoms. The van der Waals surface area contributed by atoms with Crippen LogP contribution in [0.3, 0.4) is 0 Å². The van der Waals surface area contributed by atoms with Gasteiger partial charge >= 0.3 is 0 Å². The lowest BCUT2D eigenvalue weighted by Crippen LogP contribution is -2.29. The first kappa shape index (κ1) is 16.5. The van der Waals surface area contributed by atoms with E-state index >= 15 is 0 Å². The van der Waals surface area contributed by atoms with E-state index in [4.69, 9.17) is 0 Å². The molecule has 3 heterocycles. The minimum absolute atomic E-state index is 0.0723. The van der Waals surface area contributed by atoms with E-state index in [0.29, 0.717) is 11.1 Å². The maximum atomic E-state index is 13.7. The second kappa shape index (κ2) is 6.41. The number of benzene rings is 1. The molecule has 0 bridgehead atoms. The van der Waals surface area contributed by atoms with Gasteiger partial charge in [0.1, 0.15) is 17.0 Å². The van der Waals surface area contributed by atoms with Gasteiger partial charge in [0.15, 0.2) is 0 Å². The Morgan fingerprint density at radius 2 is 1.96 bits per heavy atom. The van der Waals surface area contributed by atoms with Gasteiger partial charge in [-0.25, -0.2) is 14.1 Å². The van der Waals surface area contributed by atoms with Crippen molar-refractivity contribution >= 4 is 22.9 Å². The van der Waals surface area contributed by atoms with Gasteiger partial charge in [0.25, 0.3) is 11.5 Å². The lowest BCUT2D eigenvalue weighted by atomic mass is 10.1. The van der Waals surface area contributed by atoms with Gasteiger partial charge in [0, 0.05) is 12.4 Å². The predicted octanol–water partition coefficient (Wildman–Crippen LogP) is 1.30. The molecule has 4 aromatic rings. The number of rotatable bonds is 3. The molecule has 0 radical (unpaired) electrons. The number of nitrogens with one attached hydrogen (secondary N) is 1. The van der Waals surface area contributed by atoms with Crippen molar-refractivity contribution in [1.29, 1.82) is 0 Å². The van der Waals surface area contributed by atoms with Gasteiger partial charge in [-0.05, 0) is 34.7 Å². The summed E-state index contributed by atoms with van der Waals surface area (Å²) in [7, 11) is 1.54. The van der Waals surface area contributed by atoms with Gasteiger partial charge in [-0.3, -0.25) is 19.5 Å². The summed E-state index contributed by atoms with van der Waals surface area (Å²) in [5, 5.41) is 13.5. The van der Waals surface area contributed by atoms with E-state index in [2.05, 4.69) is 25.8 Å². The number of para-hydroxylation sites is 1. The van der Waals surface area contributed by atoms with E-state index < -0.39 is 17.3 Å². The standard InChI is InChI=1S/C17H12FN7O2/c1-24-17(21-22-23-24)20-15(26)13-8-10-7-11(18)9-19-14(10)25(16(13)27)12-5-3-2-4-6-12/h2-9H,1H3,(H,20,21,23,26). The summed E-state index contributed by atoms with van der Waals surface area (Å²) in [4.78, 5) is 29.7. The minimum atomic E-state index is -0.714. The topological polar surface area (TPSA) is 108 Å². The van der Waals surface area contributed by atoms with E-state index in [-0.39, 0.29) is 17.2 Å². The number of tetrazole rings is 1. The molecule has 9 nitrogen and oxygen atoms in total. The number of halogens is 1. The van der Waals surface area contributed by atoms with E-state index in [9.17, 15) is 14.0 Å². The molecule has 1 amide bonds. The average molecular weight is 365 g/mol. The number of hydrogen-bond donors (Lipinski definition) is 1. The maximum absolute atomic E-state index is 13.7.